The molecule has 2 atom stereocenters. The Bertz CT molecular complexity index is 499. The first-order chi connectivity index (χ1) is 10.5. The number of hydrogen-bond donors (Lipinski definition) is 2. The predicted molar refractivity (Wildman–Crippen MR) is 83.2 cm³/mol. The number of likely N-dealkylation sites (N-methyl/N-ethyl adjacent to an activating group) is 1. The Kier molecular flexibility index (Phi) is 6.16. The van der Waals surface area contributed by atoms with Crippen molar-refractivity contribution in [1.82, 2.24) is 4.90 Å². The molecule has 2 rings (SSSR count). The lowest BCUT2D eigenvalue weighted by atomic mass is 10.2. The lowest BCUT2D eigenvalue weighted by Gasteiger charge is -2.26. The van der Waals surface area contributed by atoms with Crippen LogP contribution in [0.2, 0.25) is 0 Å². The molecule has 4 nitrogen and oxygen atoms in total. The van der Waals surface area contributed by atoms with E-state index in [1.165, 1.54) is 0 Å². The molecule has 7 heteroatoms. The number of amides is 1. The molecule has 22 heavy (non-hydrogen) atoms. The SMILES string of the molecule is CN(CC(=O)Nc1ccc(SC(F)F)cc1)[C@@H]1CCC[C@H]1O. The standard InChI is InChI=1S/C15H20F2N2O2S/c1-19(12-3-2-4-13(12)20)9-14(21)18-10-5-7-11(8-6-10)22-15(16)17/h5-8,12-13,15,20H,2-4,9H2,1H3,(H,18,21)/t12-,13-/m1/s1. The summed E-state index contributed by atoms with van der Waals surface area (Å²) >= 11 is 0.472. The Labute approximate surface area is 132 Å². The van der Waals surface area contributed by atoms with E-state index in [1.807, 2.05) is 11.9 Å². The summed E-state index contributed by atoms with van der Waals surface area (Å²) < 4.78 is 24.4. The number of rotatable bonds is 6. The Morgan fingerprint density at radius 1 is 1.41 bits per heavy atom. The van der Waals surface area contributed by atoms with Crippen molar-refractivity contribution >= 4 is 23.4 Å². The summed E-state index contributed by atoms with van der Waals surface area (Å²) in [4.78, 5) is 14.3. The monoisotopic (exact) mass is 330 g/mol. The van der Waals surface area contributed by atoms with Gasteiger partial charge in [0.1, 0.15) is 0 Å². The van der Waals surface area contributed by atoms with E-state index in [-0.39, 0.29) is 24.6 Å². The number of aliphatic hydroxyl groups is 1. The molecule has 2 N–H and O–H groups in total. The van der Waals surface area contributed by atoms with Crippen LogP contribution in [0.1, 0.15) is 19.3 Å². The van der Waals surface area contributed by atoms with Crippen molar-refractivity contribution in [2.45, 2.75) is 42.1 Å². The van der Waals surface area contributed by atoms with Crippen LogP contribution < -0.4 is 5.32 Å². The quantitative estimate of drug-likeness (QED) is 0.788. The fraction of sp³-hybridized carbons (Fsp3) is 0.533. The molecule has 1 aliphatic carbocycles. The fourth-order valence-corrected chi connectivity index (χ4v) is 3.20. The molecular weight excluding hydrogens is 310 g/mol. The van der Waals surface area contributed by atoms with Crippen LogP contribution >= 0.6 is 11.8 Å². The van der Waals surface area contributed by atoms with Gasteiger partial charge in [-0.3, -0.25) is 9.69 Å². The van der Waals surface area contributed by atoms with Gasteiger partial charge in [0.25, 0.3) is 5.76 Å². The van der Waals surface area contributed by atoms with Crippen molar-refractivity contribution in [2.75, 3.05) is 18.9 Å². The van der Waals surface area contributed by atoms with Gasteiger partial charge in [0.05, 0.1) is 12.6 Å². The van der Waals surface area contributed by atoms with Crippen LogP contribution in [0.15, 0.2) is 29.2 Å². The third kappa shape index (κ3) is 4.93. The maximum Gasteiger partial charge on any atom is 0.288 e. The maximum absolute atomic E-state index is 12.2. The summed E-state index contributed by atoms with van der Waals surface area (Å²) in [7, 11) is 1.82. The molecule has 0 radical (unpaired) electrons. The average molecular weight is 330 g/mol. The number of halogens is 2. The second-order valence-electron chi connectivity index (χ2n) is 5.43. The van der Waals surface area contributed by atoms with Gasteiger partial charge in [-0.2, -0.15) is 8.78 Å². The highest BCUT2D eigenvalue weighted by molar-refractivity contribution is 7.99. The molecule has 1 fully saturated rings. The molecule has 1 aromatic rings. The minimum absolute atomic E-state index is 0.0237. The molecule has 1 amide bonds. The Morgan fingerprint density at radius 3 is 2.64 bits per heavy atom. The minimum Gasteiger partial charge on any atom is -0.391 e. The van der Waals surface area contributed by atoms with Crippen molar-refractivity contribution < 1.29 is 18.7 Å². The van der Waals surface area contributed by atoms with E-state index in [0.717, 1.165) is 19.3 Å². The van der Waals surface area contributed by atoms with Crippen LogP contribution in [-0.2, 0) is 4.79 Å². The van der Waals surface area contributed by atoms with Gasteiger partial charge in [-0.15, -0.1) is 0 Å². The van der Waals surface area contributed by atoms with Crippen LogP contribution in [0.3, 0.4) is 0 Å². The van der Waals surface area contributed by atoms with Gasteiger partial charge in [0.15, 0.2) is 0 Å². The molecule has 1 aliphatic rings. The van der Waals surface area contributed by atoms with Crippen molar-refractivity contribution in [3.63, 3.8) is 0 Å². The zero-order chi connectivity index (χ0) is 16.1. The molecule has 0 heterocycles. The van der Waals surface area contributed by atoms with E-state index in [2.05, 4.69) is 5.32 Å². The smallest absolute Gasteiger partial charge is 0.288 e. The maximum atomic E-state index is 12.2. The zero-order valence-corrected chi connectivity index (χ0v) is 13.2. The molecule has 0 bridgehead atoms. The average Bonchev–Trinajstić information content (AvgIpc) is 2.86. The van der Waals surface area contributed by atoms with Crippen LogP contribution in [0.5, 0.6) is 0 Å². The summed E-state index contributed by atoms with van der Waals surface area (Å²) in [6.45, 7) is 0.190. The lowest BCUT2D eigenvalue weighted by molar-refractivity contribution is -0.117. The lowest BCUT2D eigenvalue weighted by Crippen LogP contribution is -2.41. The topological polar surface area (TPSA) is 52.6 Å². The van der Waals surface area contributed by atoms with Crippen molar-refractivity contribution in [1.29, 1.82) is 0 Å². The molecule has 122 valence electrons. The van der Waals surface area contributed by atoms with Crippen molar-refractivity contribution in [3.8, 4) is 0 Å². The number of nitrogens with one attached hydrogen (secondary N) is 1. The number of carbonyl (C=O) groups is 1. The van der Waals surface area contributed by atoms with E-state index < -0.39 is 5.76 Å². The minimum atomic E-state index is -2.45. The molecule has 0 spiro atoms. The van der Waals surface area contributed by atoms with E-state index >= 15 is 0 Å². The first kappa shape index (κ1) is 17.2. The number of benzene rings is 1. The van der Waals surface area contributed by atoms with Gasteiger partial charge < -0.3 is 10.4 Å². The first-order valence-electron chi connectivity index (χ1n) is 7.18. The summed E-state index contributed by atoms with van der Waals surface area (Å²) in [5.41, 5.74) is 0.573. The highest BCUT2D eigenvalue weighted by Gasteiger charge is 2.29. The van der Waals surface area contributed by atoms with Crippen LogP contribution in [0.25, 0.3) is 0 Å². The first-order valence-corrected chi connectivity index (χ1v) is 8.06. The summed E-state index contributed by atoms with van der Waals surface area (Å²) in [6.07, 6.45) is 2.27. The molecular formula is C15H20F2N2O2S. The molecule has 0 unspecified atom stereocenters. The van der Waals surface area contributed by atoms with Crippen molar-refractivity contribution in [2.24, 2.45) is 0 Å². The number of alkyl halides is 2. The summed E-state index contributed by atoms with van der Waals surface area (Å²) in [5.74, 6) is -2.64. The van der Waals surface area contributed by atoms with E-state index in [0.29, 0.717) is 22.3 Å². The van der Waals surface area contributed by atoms with Crippen LogP contribution in [0, 0.1) is 0 Å². The summed E-state index contributed by atoms with van der Waals surface area (Å²) in [6, 6.07) is 6.34. The van der Waals surface area contributed by atoms with Gasteiger partial charge in [0, 0.05) is 16.6 Å². The predicted octanol–water partition coefficient (Wildman–Crippen LogP) is 2.79. The zero-order valence-electron chi connectivity index (χ0n) is 12.3. The fourth-order valence-electron chi connectivity index (χ4n) is 2.70. The number of anilines is 1. The largest absolute Gasteiger partial charge is 0.391 e. The van der Waals surface area contributed by atoms with Crippen molar-refractivity contribution in [3.05, 3.63) is 24.3 Å². The van der Waals surface area contributed by atoms with Gasteiger partial charge >= 0.3 is 0 Å². The molecule has 1 saturated carbocycles. The third-order valence-electron chi connectivity index (χ3n) is 3.77. The van der Waals surface area contributed by atoms with Gasteiger partial charge in [-0.1, -0.05) is 11.8 Å². The Balaban J connectivity index is 1.83. The highest BCUT2D eigenvalue weighted by atomic mass is 32.2. The van der Waals surface area contributed by atoms with Crippen LogP contribution in [-0.4, -0.2) is 47.4 Å². The van der Waals surface area contributed by atoms with E-state index in [4.69, 9.17) is 0 Å². The Hall–Kier alpha value is -1.18. The number of nitrogens with zero attached hydrogens (tertiary/aromatic N) is 1. The molecule has 0 aromatic heterocycles. The van der Waals surface area contributed by atoms with Gasteiger partial charge in [-0.25, -0.2) is 0 Å². The Morgan fingerprint density at radius 2 is 2.09 bits per heavy atom. The van der Waals surface area contributed by atoms with E-state index in [1.54, 1.807) is 24.3 Å². The number of thioether (sulfide) groups is 1. The van der Waals surface area contributed by atoms with E-state index in [9.17, 15) is 18.7 Å². The molecule has 0 aliphatic heterocycles. The second kappa shape index (κ2) is 7.89. The third-order valence-corrected chi connectivity index (χ3v) is 4.49. The number of aliphatic hydroxyl groups excluding tert-OH is 1. The second-order valence-corrected chi connectivity index (χ2v) is 6.50. The molecule has 1 aromatic carbocycles. The van der Waals surface area contributed by atoms with Gasteiger partial charge in [-0.05, 0) is 50.6 Å². The van der Waals surface area contributed by atoms with Gasteiger partial charge in [0.2, 0.25) is 5.91 Å². The van der Waals surface area contributed by atoms with Crippen LogP contribution in [0.4, 0.5) is 14.5 Å². The molecule has 0 saturated heterocycles. The normalized spacial score (nSPS) is 21.5. The number of carbonyl (C=O) groups excluding carboxylic acids is 1. The highest BCUT2D eigenvalue weighted by Crippen LogP contribution is 2.26. The summed E-state index contributed by atoms with van der Waals surface area (Å²) in [5, 5.41) is 12.6. The number of hydrogen-bond acceptors (Lipinski definition) is 4.